The standard InChI is InChI=1S/C27H33Cl2NO4/c1-5-23(17(2)16-31)30-25(18-9-11-20(28)12-10-18)22(19-7-6-8-21(29)13-19)14-27(3,26(30)33)15-24(32)34-4/h6-13,17,22-23,25,31H,5,14-16H2,1-4H3/t17-,22-,23+,25-,27-/m1/s1. The van der Waals surface area contributed by atoms with E-state index in [4.69, 9.17) is 27.9 Å². The minimum Gasteiger partial charge on any atom is -0.469 e. The van der Waals surface area contributed by atoms with Crippen LogP contribution in [0.15, 0.2) is 48.5 Å². The van der Waals surface area contributed by atoms with Crippen molar-refractivity contribution in [2.75, 3.05) is 13.7 Å². The summed E-state index contributed by atoms with van der Waals surface area (Å²) >= 11 is 12.6. The fraction of sp³-hybridized carbons (Fsp3) is 0.481. The Kier molecular flexibility index (Phi) is 8.66. The van der Waals surface area contributed by atoms with E-state index in [1.807, 2.05) is 74.2 Å². The van der Waals surface area contributed by atoms with E-state index in [0.717, 1.165) is 11.1 Å². The van der Waals surface area contributed by atoms with Crippen molar-refractivity contribution in [1.29, 1.82) is 0 Å². The van der Waals surface area contributed by atoms with E-state index in [1.54, 1.807) is 0 Å². The van der Waals surface area contributed by atoms with Crippen LogP contribution in [0.25, 0.3) is 0 Å². The minimum absolute atomic E-state index is 0.0207. The van der Waals surface area contributed by atoms with Gasteiger partial charge in [-0.05, 0) is 54.2 Å². The quantitative estimate of drug-likeness (QED) is 0.444. The van der Waals surface area contributed by atoms with Crippen LogP contribution in [0.1, 0.15) is 63.1 Å². The van der Waals surface area contributed by atoms with Crippen LogP contribution in [0, 0.1) is 11.3 Å². The molecule has 0 aromatic heterocycles. The summed E-state index contributed by atoms with van der Waals surface area (Å²) in [5.74, 6) is -0.812. The van der Waals surface area contributed by atoms with Gasteiger partial charge in [-0.2, -0.15) is 0 Å². The number of hydrogen-bond donors (Lipinski definition) is 1. The molecule has 0 radical (unpaired) electrons. The van der Waals surface area contributed by atoms with Gasteiger partial charge in [0, 0.05) is 28.6 Å². The highest BCUT2D eigenvalue weighted by atomic mass is 35.5. The number of hydrogen-bond acceptors (Lipinski definition) is 4. The van der Waals surface area contributed by atoms with Crippen molar-refractivity contribution >= 4 is 35.1 Å². The number of nitrogens with zero attached hydrogens (tertiary/aromatic N) is 1. The molecule has 1 saturated heterocycles. The highest BCUT2D eigenvalue weighted by Crippen LogP contribution is 2.52. The van der Waals surface area contributed by atoms with Crippen molar-refractivity contribution in [2.45, 2.75) is 58.0 Å². The molecule has 1 heterocycles. The molecule has 1 amide bonds. The maximum Gasteiger partial charge on any atom is 0.306 e. The second-order valence-corrected chi connectivity index (χ2v) is 10.4. The van der Waals surface area contributed by atoms with E-state index in [0.29, 0.717) is 22.9 Å². The van der Waals surface area contributed by atoms with Crippen molar-refractivity contribution < 1.29 is 19.4 Å². The molecule has 5 nitrogen and oxygen atoms in total. The minimum atomic E-state index is -0.967. The SMILES string of the molecule is CC[C@@H]([C@H](C)CO)N1C(=O)[C@@](C)(CC(=O)OC)C[C@H](c2cccc(Cl)c2)[C@H]1c1ccc(Cl)cc1. The summed E-state index contributed by atoms with van der Waals surface area (Å²) in [5.41, 5.74) is 0.977. The number of amides is 1. The van der Waals surface area contributed by atoms with Gasteiger partial charge in [0.25, 0.3) is 0 Å². The van der Waals surface area contributed by atoms with Gasteiger partial charge in [0.1, 0.15) is 0 Å². The van der Waals surface area contributed by atoms with Gasteiger partial charge >= 0.3 is 5.97 Å². The molecule has 184 valence electrons. The first-order chi connectivity index (χ1) is 16.1. The molecule has 1 fully saturated rings. The van der Waals surface area contributed by atoms with Crippen molar-refractivity contribution in [1.82, 2.24) is 4.90 Å². The molecule has 5 atom stereocenters. The lowest BCUT2D eigenvalue weighted by Gasteiger charge is -2.53. The Morgan fingerprint density at radius 1 is 1.18 bits per heavy atom. The molecule has 34 heavy (non-hydrogen) atoms. The number of piperidine rings is 1. The largest absolute Gasteiger partial charge is 0.469 e. The number of carbonyl (C=O) groups is 2. The molecule has 0 unspecified atom stereocenters. The van der Waals surface area contributed by atoms with Crippen LogP contribution >= 0.6 is 23.2 Å². The number of ether oxygens (including phenoxy) is 1. The molecule has 0 spiro atoms. The smallest absolute Gasteiger partial charge is 0.306 e. The molecule has 1 aliphatic heterocycles. The van der Waals surface area contributed by atoms with E-state index in [2.05, 4.69) is 0 Å². The van der Waals surface area contributed by atoms with Gasteiger partial charge in [-0.15, -0.1) is 0 Å². The van der Waals surface area contributed by atoms with Crippen LogP contribution in [0.2, 0.25) is 10.0 Å². The number of carbonyl (C=O) groups excluding carboxylic acids is 2. The van der Waals surface area contributed by atoms with E-state index < -0.39 is 11.4 Å². The molecule has 0 saturated carbocycles. The molecular formula is C27H33Cl2NO4. The van der Waals surface area contributed by atoms with Gasteiger partial charge in [-0.25, -0.2) is 0 Å². The maximum absolute atomic E-state index is 14.2. The van der Waals surface area contributed by atoms with Gasteiger partial charge in [0.15, 0.2) is 0 Å². The molecule has 2 aromatic carbocycles. The maximum atomic E-state index is 14.2. The summed E-state index contributed by atoms with van der Waals surface area (Å²) < 4.78 is 4.96. The lowest BCUT2D eigenvalue weighted by Crippen LogP contribution is -2.57. The van der Waals surface area contributed by atoms with Gasteiger partial charge in [0.2, 0.25) is 5.91 Å². The number of aliphatic hydroxyl groups is 1. The van der Waals surface area contributed by atoms with Gasteiger partial charge in [-0.3, -0.25) is 9.59 Å². The zero-order valence-electron chi connectivity index (χ0n) is 20.1. The summed E-state index contributed by atoms with van der Waals surface area (Å²) in [5, 5.41) is 11.3. The molecule has 0 bridgehead atoms. The van der Waals surface area contributed by atoms with Gasteiger partial charge in [0.05, 0.1) is 25.0 Å². The monoisotopic (exact) mass is 505 g/mol. The van der Waals surface area contributed by atoms with Crippen LogP contribution in [0.3, 0.4) is 0 Å². The van der Waals surface area contributed by atoms with Crippen LogP contribution in [0.5, 0.6) is 0 Å². The molecule has 2 aromatic rings. The Hall–Kier alpha value is -2.08. The predicted octanol–water partition coefficient (Wildman–Crippen LogP) is 6.03. The van der Waals surface area contributed by atoms with Gasteiger partial charge in [-0.1, -0.05) is 68.2 Å². The highest BCUT2D eigenvalue weighted by Gasteiger charge is 2.52. The number of benzene rings is 2. The third kappa shape index (κ3) is 5.42. The first-order valence-corrected chi connectivity index (χ1v) is 12.4. The van der Waals surface area contributed by atoms with Crippen molar-refractivity contribution in [3.8, 4) is 0 Å². The van der Waals surface area contributed by atoms with E-state index >= 15 is 0 Å². The average molecular weight is 506 g/mol. The zero-order chi connectivity index (χ0) is 25.0. The van der Waals surface area contributed by atoms with Crippen LogP contribution in [-0.4, -0.2) is 41.6 Å². The summed E-state index contributed by atoms with van der Waals surface area (Å²) in [6, 6.07) is 14.7. The van der Waals surface area contributed by atoms with E-state index in [1.165, 1.54) is 7.11 Å². The Labute approximate surface area is 212 Å². The lowest BCUT2D eigenvalue weighted by atomic mass is 9.66. The third-order valence-electron chi connectivity index (χ3n) is 7.07. The third-order valence-corrected chi connectivity index (χ3v) is 7.56. The Balaban J connectivity index is 2.25. The summed E-state index contributed by atoms with van der Waals surface area (Å²) in [7, 11) is 1.34. The molecular weight excluding hydrogens is 473 g/mol. The Morgan fingerprint density at radius 2 is 1.85 bits per heavy atom. The fourth-order valence-electron chi connectivity index (χ4n) is 5.30. The number of likely N-dealkylation sites (tertiary alicyclic amines) is 1. The van der Waals surface area contributed by atoms with Crippen LogP contribution in [0.4, 0.5) is 0 Å². The zero-order valence-corrected chi connectivity index (χ0v) is 21.6. The number of rotatable bonds is 8. The number of halogens is 2. The average Bonchev–Trinajstić information content (AvgIpc) is 2.82. The predicted molar refractivity (Wildman–Crippen MR) is 135 cm³/mol. The van der Waals surface area contributed by atoms with E-state index in [9.17, 15) is 14.7 Å². The second-order valence-electron chi connectivity index (χ2n) is 9.52. The molecule has 1 N–H and O–H groups in total. The van der Waals surface area contributed by atoms with Crippen molar-refractivity contribution in [2.24, 2.45) is 11.3 Å². The second kappa shape index (κ2) is 11.1. The first-order valence-electron chi connectivity index (χ1n) is 11.7. The molecule has 1 aliphatic rings. The summed E-state index contributed by atoms with van der Waals surface area (Å²) in [4.78, 5) is 28.5. The van der Waals surface area contributed by atoms with Crippen molar-refractivity contribution in [3.05, 3.63) is 69.7 Å². The first kappa shape index (κ1) is 26.5. The normalized spacial score (nSPS) is 24.6. The highest BCUT2D eigenvalue weighted by molar-refractivity contribution is 6.30. The van der Waals surface area contributed by atoms with Gasteiger partial charge < -0.3 is 14.7 Å². The number of aliphatic hydroxyl groups excluding tert-OH is 1. The Bertz CT molecular complexity index is 1010. The Morgan fingerprint density at radius 3 is 2.41 bits per heavy atom. The number of methoxy groups -OCH3 is 1. The fourth-order valence-corrected chi connectivity index (χ4v) is 5.62. The molecule has 7 heteroatoms. The summed E-state index contributed by atoms with van der Waals surface area (Å²) in [6.45, 7) is 5.75. The number of esters is 1. The van der Waals surface area contributed by atoms with Crippen LogP contribution in [-0.2, 0) is 14.3 Å². The summed E-state index contributed by atoms with van der Waals surface area (Å²) in [6.07, 6.45) is 1.09. The van der Waals surface area contributed by atoms with Crippen LogP contribution < -0.4 is 0 Å². The topological polar surface area (TPSA) is 66.8 Å². The van der Waals surface area contributed by atoms with Crippen molar-refractivity contribution in [3.63, 3.8) is 0 Å². The molecule has 3 rings (SSSR count). The lowest BCUT2D eigenvalue weighted by molar-refractivity contribution is -0.163. The van der Waals surface area contributed by atoms with E-state index in [-0.39, 0.29) is 42.9 Å². The molecule has 0 aliphatic carbocycles.